The molecule has 150 valence electrons. The van der Waals surface area contributed by atoms with Gasteiger partial charge in [-0.3, -0.25) is 4.99 Å². The van der Waals surface area contributed by atoms with Crippen LogP contribution in [0.4, 0.5) is 0 Å². The van der Waals surface area contributed by atoms with Crippen LogP contribution in [0.5, 0.6) is 11.5 Å². The van der Waals surface area contributed by atoms with Crippen molar-refractivity contribution in [3.05, 3.63) is 24.3 Å². The van der Waals surface area contributed by atoms with Crippen LogP contribution < -0.4 is 24.8 Å². The van der Waals surface area contributed by atoms with Gasteiger partial charge in [0.05, 0.1) is 19.4 Å². The van der Waals surface area contributed by atoms with Gasteiger partial charge < -0.3 is 20.1 Å². The average molecular weight is 500 g/mol. The molecule has 0 spiro atoms. The number of sulfonamides is 1. The van der Waals surface area contributed by atoms with E-state index < -0.39 is 10.0 Å². The first-order valence-electron chi connectivity index (χ1n) is 8.13. The van der Waals surface area contributed by atoms with Gasteiger partial charge in [0.25, 0.3) is 0 Å². The molecular weight excluding hydrogens is 471 g/mol. The van der Waals surface area contributed by atoms with Crippen molar-refractivity contribution < 1.29 is 17.9 Å². The number of rotatable bonds is 10. The lowest BCUT2D eigenvalue weighted by Gasteiger charge is -2.19. The molecule has 0 fully saturated rings. The third kappa shape index (κ3) is 9.43. The normalized spacial score (nSPS) is 12.7. The van der Waals surface area contributed by atoms with Crippen LogP contribution in [-0.4, -0.2) is 60.0 Å². The molecule has 3 N–H and O–H groups in total. The zero-order valence-electron chi connectivity index (χ0n) is 15.6. The van der Waals surface area contributed by atoms with E-state index in [1.165, 1.54) is 0 Å². The predicted octanol–water partition coefficient (Wildman–Crippen LogP) is 1.18. The molecular formula is C16H29IN4O4S. The van der Waals surface area contributed by atoms with Crippen LogP contribution in [0.2, 0.25) is 0 Å². The Morgan fingerprint density at radius 1 is 1.19 bits per heavy atom. The number of aliphatic imine (C=N–C) groups is 1. The van der Waals surface area contributed by atoms with Crippen molar-refractivity contribution in [1.82, 2.24) is 15.4 Å². The Bertz CT molecular complexity index is 655. The second-order valence-corrected chi connectivity index (χ2v) is 7.35. The van der Waals surface area contributed by atoms with Crippen molar-refractivity contribution in [3.8, 4) is 11.5 Å². The summed E-state index contributed by atoms with van der Waals surface area (Å²) in [6.07, 6.45) is -0.117. The molecule has 0 heterocycles. The van der Waals surface area contributed by atoms with Gasteiger partial charge in [0.2, 0.25) is 10.0 Å². The minimum absolute atomic E-state index is 0. The number of nitrogens with zero attached hydrogens (tertiary/aromatic N) is 1. The van der Waals surface area contributed by atoms with Gasteiger partial charge in [-0.05, 0) is 26.0 Å². The molecule has 0 saturated carbocycles. The minimum atomic E-state index is -3.17. The van der Waals surface area contributed by atoms with E-state index in [1.54, 1.807) is 21.1 Å². The van der Waals surface area contributed by atoms with Crippen molar-refractivity contribution in [2.24, 2.45) is 4.99 Å². The first-order chi connectivity index (χ1) is 11.9. The molecule has 1 aromatic carbocycles. The highest BCUT2D eigenvalue weighted by Gasteiger charge is 2.09. The van der Waals surface area contributed by atoms with E-state index in [-0.39, 0.29) is 35.8 Å². The van der Waals surface area contributed by atoms with E-state index in [9.17, 15) is 8.42 Å². The van der Waals surface area contributed by atoms with Crippen LogP contribution in [-0.2, 0) is 10.0 Å². The molecule has 1 aromatic rings. The van der Waals surface area contributed by atoms with Crippen molar-refractivity contribution >= 4 is 40.0 Å². The summed E-state index contributed by atoms with van der Waals surface area (Å²) in [5.74, 6) is 2.00. The molecule has 1 rings (SSSR count). The van der Waals surface area contributed by atoms with Gasteiger partial charge in [0.15, 0.2) is 17.5 Å². The average Bonchev–Trinajstić information content (AvgIpc) is 2.61. The van der Waals surface area contributed by atoms with Gasteiger partial charge >= 0.3 is 0 Å². The third-order valence-corrected chi connectivity index (χ3v) is 4.70. The highest BCUT2D eigenvalue weighted by atomic mass is 127. The van der Waals surface area contributed by atoms with Crippen molar-refractivity contribution in [2.45, 2.75) is 20.0 Å². The number of guanidine groups is 1. The maximum Gasteiger partial charge on any atom is 0.211 e. The van der Waals surface area contributed by atoms with E-state index in [4.69, 9.17) is 9.47 Å². The Hall–Kier alpha value is -1.27. The van der Waals surface area contributed by atoms with Crippen molar-refractivity contribution in [1.29, 1.82) is 0 Å². The monoisotopic (exact) mass is 500 g/mol. The van der Waals surface area contributed by atoms with E-state index in [0.717, 1.165) is 0 Å². The van der Waals surface area contributed by atoms with Gasteiger partial charge in [-0.1, -0.05) is 12.1 Å². The number of halogens is 1. The summed E-state index contributed by atoms with van der Waals surface area (Å²) in [6.45, 7) is 4.78. The summed E-state index contributed by atoms with van der Waals surface area (Å²) in [5, 5.41) is 6.17. The molecule has 0 amide bonds. The van der Waals surface area contributed by atoms with Gasteiger partial charge in [-0.15, -0.1) is 24.0 Å². The first kappa shape index (κ1) is 24.7. The summed E-state index contributed by atoms with van der Waals surface area (Å²) in [4.78, 5) is 4.09. The summed E-state index contributed by atoms with van der Waals surface area (Å²) < 4.78 is 36.3. The Labute approximate surface area is 173 Å². The Kier molecular flexibility index (Phi) is 12.3. The molecule has 1 unspecified atom stereocenters. The lowest BCUT2D eigenvalue weighted by atomic mass is 10.3. The van der Waals surface area contributed by atoms with Gasteiger partial charge in [0.1, 0.15) is 6.10 Å². The highest BCUT2D eigenvalue weighted by molar-refractivity contribution is 14.0. The molecule has 8 nitrogen and oxygen atoms in total. The van der Waals surface area contributed by atoms with Crippen LogP contribution >= 0.6 is 24.0 Å². The number of nitrogens with one attached hydrogen (secondary N) is 3. The van der Waals surface area contributed by atoms with Crippen LogP contribution in [0.3, 0.4) is 0 Å². The van der Waals surface area contributed by atoms with Crippen LogP contribution in [0.25, 0.3) is 0 Å². The molecule has 26 heavy (non-hydrogen) atoms. The van der Waals surface area contributed by atoms with Crippen molar-refractivity contribution in [2.75, 3.05) is 39.5 Å². The molecule has 0 aliphatic carbocycles. The third-order valence-electron chi connectivity index (χ3n) is 3.30. The maximum absolute atomic E-state index is 11.3. The molecule has 0 saturated heterocycles. The molecule has 0 bridgehead atoms. The quantitative estimate of drug-likeness (QED) is 0.193. The van der Waals surface area contributed by atoms with E-state index in [2.05, 4.69) is 20.3 Å². The van der Waals surface area contributed by atoms with E-state index in [0.29, 0.717) is 37.1 Å². The smallest absolute Gasteiger partial charge is 0.211 e. The number of hydrogen-bond donors (Lipinski definition) is 3. The first-order valence-corrected chi connectivity index (χ1v) is 9.78. The number of ether oxygens (including phenoxy) is 2. The Morgan fingerprint density at radius 3 is 2.42 bits per heavy atom. The molecule has 1 atom stereocenters. The highest BCUT2D eigenvalue weighted by Crippen LogP contribution is 2.26. The predicted molar refractivity (Wildman–Crippen MR) is 115 cm³/mol. The Balaban J connectivity index is 0.00000625. The van der Waals surface area contributed by atoms with Crippen molar-refractivity contribution in [3.63, 3.8) is 0 Å². The molecule has 0 aromatic heterocycles. The molecule has 0 aliphatic rings. The molecule has 0 radical (unpaired) electrons. The zero-order chi connectivity index (χ0) is 18.7. The van der Waals surface area contributed by atoms with E-state index in [1.807, 2.05) is 31.2 Å². The fraction of sp³-hybridized carbons (Fsp3) is 0.562. The van der Waals surface area contributed by atoms with Crippen LogP contribution in [0.15, 0.2) is 29.3 Å². The van der Waals surface area contributed by atoms with Gasteiger partial charge in [-0.2, -0.15) is 0 Å². The SMILES string of the molecule is CCS(=O)(=O)NCCNC(=NC)NCC(C)Oc1ccccc1OC.I. The number of para-hydroxylation sites is 2. The topological polar surface area (TPSA) is 101 Å². The Morgan fingerprint density at radius 2 is 1.85 bits per heavy atom. The fourth-order valence-electron chi connectivity index (χ4n) is 1.93. The van der Waals surface area contributed by atoms with Gasteiger partial charge in [0, 0.05) is 20.1 Å². The number of benzene rings is 1. The van der Waals surface area contributed by atoms with Crippen LogP contribution in [0.1, 0.15) is 13.8 Å². The lowest BCUT2D eigenvalue weighted by Crippen LogP contribution is -2.44. The summed E-state index contributed by atoms with van der Waals surface area (Å²) >= 11 is 0. The fourth-order valence-corrected chi connectivity index (χ4v) is 2.54. The van der Waals surface area contributed by atoms with E-state index >= 15 is 0 Å². The second kappa shape index (κ2) is 13.0. The van der Waals surface area contributed by atoms with Crippen LogP contribution in [0, 0.1) is 0 Å². The summed E-state index contributed by atoms with van der Waals surface area (Å²) in [7, 11) is 0.0777. The maximum atomic E-state index is 11.3. The van der Waals surface area contributed by atoms with Gasteiger partial charge in [-0.25, -0.2) is 13.1 Å². The molecule has 10 heteroatoms. The second-order valence-electron chi connectivity index (χ2n) is 5.26. The number of methoxy groups -OCH3 is 1. The molecule has 0 aliphatic heterocycles. The minimum Gasteiger partial charge on any atom is -0.493 e. The summed E-state index contributed by atoms with van der Waals surface area (Å²) in [6, 6.07) is 7.46. The number of hydrogen-bond acceptors (Lipinski definition) is 5. The zero-order valence-corrected chi connectivity index (χ0v) is 18.8. The lowest BCUT2D eigenvalue weighted by molar-refractivity contribution is 0.213. The summed E-state index contributed by atoms with van der Waals surface area (Å²) in [5.41, 5.74) is 0. The standard InChI is InChI=1S/C16H28N4O4S.HI/c1-5-25(21,22)20-11-10-18-16(17-3)19-12-13(2)24-15-9-7-6-8-14(15)23-4;/h6-9,13,20H,5,10-12H2,1-4H3,(H2,17,18,19);1H. The largest absolute Gasteiger partial charge is 0.493 e.